The summed E-state index contributed by atoms with van der Waals surface area (Å²) < 4.78 is 19.4. The van der Waals surface area contributed by atoms with E-state index in [9.17, 15) is 9.18 Å². The van der Waals surface area contributed by atoms with Crippen molar-refractivity contribution in [2.45, 2.75) is 44.7 Å². The normalized spacial score (nSPS) is 19.3. The maximum absolute atomic E-state index is 13.8. The van der Waals surface area contributed by atoms with Gasteiger partial charge in [0.05, 0.1) is 5.69 Å². The molecule has 0 bridgehead atoms. The first kappa shape index (κ1) is 23.4. The Hall–Kier alpha value is -2.77. The number of aromatic nitrogens is 1. The van der Waals surface area contributed by atoms with E-state index in [4.69, 9.17) is 4.74 Å². The molecule has 0 radical (unpaired) electrons. The lowest BCUT2D eigenvalue weighted by atomic mass is 9.78. The molecule has 7 heteroatoms. The van der Waals surface area contributed by atoms with Crippen LogP contribution in [-0.2, 0) is 0 Å². The number of thiazole rings is 1. The number of nitrogens with zero attached hydrogens (tertiary/aromatic N) is 2. The molecule has 174 valence electrons. The zero-order valence-corrected chi connectivity index (χ0v) is 20.1. The van der Waals surface area contributed by atoms with Gasteiger partial charge in [-0.25, -0.2) is 14.2 Å². The average Bonchev–Trinajstić information content (AvgIpc) is 3.15. The molecule has 3 aromatic rings. The highest BCUT2D eigenvalue weighted by atomic mass is 32.1. The van der Waals surface area contributed by atoms with Gasteiger partial charge in [0.15, 0.2) is 0 Å². The molecule has 0 saturated heterocycles. The minimum absolute atomic E-state index is 0.0749. The summed E-state index contributed by atoms with van der Waals surface area (Å²) in [7, 11) is 4.08. The summed E-state index contributed by atoms with van der Waals surface area (Å²) in [6, 6.07) is 17.0. The van der Waals surface area contributed by atoms with Crippen LogP contribution in [0.15, 0.2) is 54.6 Å². The van der Waals surface area contributed by atoms with Crippen LogP contribution in [0.2, 0.25) is 0 Å². The number of hydrogen-bond donors (Lipinski definition) is 1. The molecular weight excluding hydrogens is 437 g/mol. The number of carbonyl (C=O) groups excluding carboxylic acids is 1. The first-order chi connectivity index (χ1) is 15.9. The first-order valence-corrected chi connectivity index (χ1v) is 12.2. The lowest BCUT2D eigenvalue weighted by Gasteiger charge is -2.37. The van der Waals surface area contributed by atoms with Crippen molar-refractivity contribution in [3.05, 3.63) is 71.7 Å². The number of ether oxygens (including phenoxy) is 1. The van der Waals surface area contributed by atoms with Crippen molar-refractivity contribution >= 4 is 17.4 Å². The van der Waals surface area contributed by atoms with Gasteiger partial charge in [0, 0.05) is 17.6 Å². The standard InChI is InChI=1S/C26H30FN3O2S/c1-17-25(33-24(28-17)19-8-5-4-6-9-19)32-26(31)29-22-14-12-18(13-15-22)23(30(2)3)20-10-7-11-21(27)16-20/h4-11,16,18,22-23H,12-15H2,1-3H3,(H,29,31). The maximum Gasteiger partial charge on any atom is 0.413 e. The predicted molar refractivity (Wildman–Crippen MR) is 130 cm³/mol. The van der Waals surface area contributed by atoms with E-state index < -0.39 is 6.09 Å². The molecule has 33 heavy (non-hydrogen) atoms. The van der Waals surface area contributed by atoms with Gasteiger partial charge in [-0.1, -0.05) is 53.8 Å². The number of hydrogen-bond acceptors (Lipinski definition) is 5. The predicted octanol–water partition coefficient (Wildman–Crippen LogP) is 6.21. The molecule has 1 atom stereocenters. The van der Waals surface area contributed by atoms with Crippen LogP contribution in [0.25, 0.3) is 10.6 Å². The highest BCUT2D eigenvalue weighted by Gasteiger charge is 2.31. The lowest BCUT2D eigenvalue weighted by molar-refractivity contribution is 0.151. The van der Waals surface area contributed by atoms with Crippen LogP contribution >= 0.6 is 11.3 Å². The highest BCUT2D eigenvalue weighted by Crippen LogP contribution is 2.38. The van der Waals surface area contributed by atoms with Crippen molar-refractivity contribution in [2.75, 3.05) is 14.1 Å². The van der Waals surface area contributed by atoms with Gasteiger partial charge in [-0.15, -0.1) is 0 Å². The Kier molecular flexibility index (Phi) is 7.40. The van der Waals surface area contributed by atoms with Crippen LogP contribution in [0.4, 0.5) is 9.18 Å². The fraction of sp³-hybridized carbons (Fsp3) is 0.385. The summed E-state index contributed by atoms with van der Waals surface area (Å²) in [5.74, 6) is 0.208. The third-order valence-electron chi connectivity index (χ3n) is 6.25. The smallest absolute Gasteiger partial charge is 0.397 e. The van der Waals surface area contributed by atoms with E-state index in [1.807, 2.05) is 57.4 Å². The summed E-state index contributed by atoms with van der Waals surface area (Å²) in [6.45, 7) is 1.85. The number of halogens is 1. The molecule has 1 aliphatic carbocycles. The minimum Gasteiger partial charge on any atom is -0.397 e. The number of rotatable bonds is 6. The van der Waals surface area contributed by atoms with Crippen molar-refractivity contribution in [1.82, 2.24) is 15.2 Å². The van der Waals surface area contributed by atoms with Gasteiger partial charge >= 0.3 is 6.09 Å². The Morgan fingerprint density at radius 2 is 1.85 bits per heavy atom. The fourth-order valence-corrected chi connectivity index (χ4v) is 5.65. The van der Waals surface area contributed by atoms with E-state index in [2.05, 4.69) is 15.2 Å². The summed E-state index contributed by atoms with van der Waals surface area (Å²) in [5, 5.41) is 4.39. The van der Waals surface area contributed by atoms with Gasteiger partial charge in [0.2, 0.25) is 5.06 Å². The zero-order valence-electron chi connectivity index (χ0n) is 19.3. The van der Waals surface area contributed by atoms with Crippen molar-refractivity contribution in [1.29, 1.82) is 0 Å². The van der Waals surface area contributed by atoms with Crippen LogP contribution in [0.1, 0.15) is 43.0 Å². The van der Waals surface area contributed by atoms with Crippen LogP contribution in [0.5, 0.6) is 5.06 Å². The van der Waals surface area contributed by atoms with E-state index in [0.717, 1.165) is 41.8 Å². The monoisotopic (exact) mass is 467 g/mol. The number of benzene rings is 2. The summed E-state index contributed by atoms with van der Waals surface area (Å²) in [4.78, 5) is 19.3. The summed E-state index contributed by atoms with van der Waals surface area (Å²) in [5.41, 5.74) is 2.72. The summed E-state index contributed by atoms with van der Waals surface area (Å²) in [6.07, 6.45) is 3.23. The molecule has 1 heterocycles. The van der Waals surface area contributed by atoms with Crippen molar-refractivity contribution in [3.8, 4) is 15.6 Å². The molecule has 1 amide bonds. The largest absolute Gasteiger partial charge is 0.413 e. The topological polar surface area (TPSA) is 54.5 Å². The number of amides is 1. The molecule has 1 fully saturated rings. The van der Waals surface area contributed by atoms with E-state index in [1.165, 1.54) is 17.4 Å². The van der Waals surface area contributed by atoms with Gasteiger partial charge < -0.3 is 15.0 Å². The molecule has 1 aromatic heterocycles. The Labute approximate surface area is 198 Å². The molecule has 2 aromatic carbocycles. The van der Waals surface area contributed by atoms with Crippen molar-refractivity contribution < 1.29 is 13.9 Å². The van der Waals surface area contributed by atoms with Crippen molar-refractivity contribution in [2.24, 2.45) is 5.92 Å². The third kappa shape index (κ3) is 5.78. The number of aryl methyl sites for hydroxylation is 1. The second-order valence-electron chi connectivity index (χ2n) is 8.87. The molecule has 1 N–H and O–H groups in total. The maximum atomic E-state index is 13.8. The van der Waals surface area contributed by atoms with Gasteiger partial charge in [-0.3, -0.25) is 0 Å². The lowest BCUT2D eigenvalue weighted by Crippen LogP contribution is -2.41. The Morgan fingerprint density at radius 3 is 2.52 bits per heavy atom. The molecule has 5 nitrogen and oxygen atoms in total. The van der Waals surface area contributed by atoms with E-state index in [0.29, 0.717) is 16.7 Å². The molecule has 0 aliphatic heterocycles. The van der Waals surface area contributed by atoms with Gasteiger partial charge in [0.1, 0.15) is 10.8 Å². The zero-order chi connectivity index (χ0) is 23.4. The van der Waals surface area contributed by atoms with Gasteiger partial charge in [-0.2, -0.15) is 0 Å². The van der Waals surface area contributed by atoms with Crippen LogP contribution in [-0.4, -0.2) is 36.1 Å². The Bertz CT molecular complexity index is 1080. The molecule has 4 rings (SSSR count). The van der Waals surface area contributed by atoms with Crippen molar-refractivity contribution in [3.63, 3.8) is 0 Å². The number of carbonyl (C=O) groups is 1. The SMILES string of the molecule is Cc1nc(-c2ccccc2)sc1OC(=O)NC1CCC(C(c2cccc(F)c2)N(C)C)CC1. The second-order valence-corrected chi connectivity index (χ2v) is 9.83. The Balaban J connectivity index is 1.33. The molecule has 0 spiro atoms. The van der Waals surface area contributed by atoms with Crippen LogP contribution in [0, 0.1) is 18.7 Å². The van der Waals surface area contributed by atoms with Gasteiger partial charge in [0.25, 0.3) is 0 Å². The van der Waals surface area contributed by atoms with Crippen LogP contribution in [0.3, 0.4) is 0 Å². The Morgan fingerprint density at radius 1 is 1.12 bits per heavy atom. The van der Waals surface area contributed by atoms with E-state index >= 15 is 0 Å². The average molecular weight is 468 g/mol. The first-order valence-electron chi connectivity index (χ1n) is 11.3. The van der Waals surface area contributed by atoms with E-state index in [-0.39, 0.29) is 17.9 Å². The molecule has 1 unspecified atom stereocenters. The highest BCUT2D eigenvalue weighted by molar-refractivity contribution is 7.17. The molecule has 1 aliphatic rings. The van der Waals surface area contributed by atoms with Gasteiger partial charge in [-0.05, 0) is 70.3 Å². The quantitative estimate of drug-likeness (QED) is 0.468. The minimum atomic E-state index is -0.431. The second kappa shape index (κ2) is 10.4. The summed E-state index contributed by atoms with van der Waals surface area (Å²) >= 11 is 1.38. The van der Waals surface area contributed by atoms with Crippen LogP contribution < -0.4 is 10.1 Å². The number of nitrogens with one attached hydrogen (secondary N) is 1. The van der Waals surface area contributed by atoms with E-state index in [1.54, 1.807) is 12.1 Å². The molecular formula is C26H30FN3O2S. The fourth-order valence-electron chi connectivity index (χ4n) is 4.72. The third-order valence-corrected chi connectivity index (χ3v) is 7.33. The molecule has 1 saturated carbocycles.